The molecule has 3 unspecified atom stereocenters. The normalized spacial score (nSPS) is 14.0. The first-order chi connectivity index (χ1) is 25.2. The summed E-state index contributed by atoms with van der Waals surface area (Å²) < 4.78 is 32.7. The second-order valence-electron chi connectivity index (χ2n) is 14.4. The fraction of sp³-hybridized carbons (Fsp3) is 0.902. The lowest BCUT2D eigenvalue weighted by Gasteiger charge is -2.20. The minimum Gasteiger partial charge on any atom is -0.462 e. The smallest absolute Gasteiger partial charge is 0.462 e. The standard InChI is InChI=1S/C41H79O10P/c1-3-5-7-9-11-13-15-17-18-19-21-22-24-26-28-30-32-40(44)48-36-39(37-50-52(46,47)49-35-38(43)34-42)51-41(45)33-31-29-27-25-23-20-16-14-12-10-8-6-4-2/h14,16,38-39,42-43H,3-13,15,17-37H2,1-2H3,(H,46,47)/b16-14-. The van der Waals surface area contributed by atoms with Crippen LogP contribution < -0.4 is 0 Å². The van der Waals surface area contributed by atoms with Crippen LogP contribution in [0.1, 0.15) is 200 Å². The summed E-state index contributed by atoms with van der Waals surface area (Å²) in [5.41, 5.74) is 0. The van der Waals surface area contributed by atoms with Gasteiger partial charge < -0.3 is 24.6 Å². The molecule has 0 aliphatic rings. The molecule has 0 saturated heterocycles. The van der Waals surface area contributed by atoms with Gasteiger partial charge in [-0.15, -0.1) is 0 Å². The van der Waals surface area contributed by atoms with Crippen molar-refractivity contribution in [1.82, 2.24) is 0 Å². The first-order valence-corrected chi connectivity index (χ1v) is 22.6. The van der Waals surface area contributed by atoms with E-state index in [2.05, 4.69) is 30.5 Å². The second-order valence-corrected chi connectivity index (χ2v) is 15.8. The van der Waals surface area contributed by atoms with Gasteiger partial charge in [0.05, 0.1) is 19.8 Å². The number of rotatable bonds is 40. The Labute approximate surface area is 317 Å². The van der Waals surface area contributed by atoms with Crippen molar-refractivity contribution in [2.24, 2.45) is 0 Å². The van der Waals surface area contributed by atoms with E-state index in [1.165, 1.54) is 103 Å². The van der Waals surface area contributed by atoms with Crippen molar-refractivity contribution < 1.29 is 47.8 Å². The van der Waals surface area contributed by atoms with Gasteiger partial charge in [-0.25, -0.2) is 4.57 Å². The van der Waals surface area contributed by atoms with Crippen LogP contribution in [0.2, 0.25) is 0 Å². The highest BCUT2D eigenvalue weighted by molar-refractivity contribution is 7.47. The van der Waals surface area contributed by atoms with Gasteiger partial charge in [0.1, 0.15) is 12.7 Å². The predicted molar refractivity (Wildman–Crippen MR) is 210 cm³/mol. The Hall–Kier alpha value is -1.29. The minimum atomic E-state index is -4.61. The van der Waals surface area contributed by atoms with Gasteiger partial charge in [-0.2, -0.15) is 0 Å². The molecule has 52 heavy (non-hydrogen) atoms. The zero-order chi connectivity index (χ0) is 38.4. The van der Waals surface area contributed by atoms with Crippen molar-refractivity contribution in [2.75, 3.05) is 26.4 Å². The molecule has 0 aromatic rings. The van der Waals surface area contributed by atoms with Crippen LogP contribution >= 0.6 is 7.82 Å². The molecule has 3 atom stereocenters. The molecule has 0 spiro atoms. The number of aliphatic hydroxyl groups excluding tert-OH is 2. The lowest BCUT2D eigenvalue weighted by molar-refractivity contribution is -0.161. The maximum atomic E-state index is 12.6. The molecule has 0 radical (unpaired) electrons. The number of esters is 2. The molecule has 10 nitrogen and oxygen atoms in total. The molecule has 3 N–H and O–H groups in total. The number of phosphoric ester groups is 1. The van der Waals surface area contributed by atoms with Crippen LogP contribution in [-0.4, -0.2) is 65.7 Å². The number of unbranched alkanes of at least 4 members (excludes halogenated alkanes) is 24. The summed E-state index contributed by atoms with van der Waals surface area (Å²) in [5, 5.41) is 18.3. The molecule has 0 heterocycles. The van der Waals surface area contributed by atoms with Gasteiger partial charge in [-0.05, 0) is 38.5 Å². The van der Waals surface area contributed by atoms with Crippen molar-refractivity contribution >= 4 is 19.8 Å². The van der Waals surface area contributed by atoms with Crippen molar-refractivity contribution in [3.05, 3.63) is 12.2 Å². The Balaban J connectivity index is 4.28. The fourth-order valence-electron chi connectivity index (χ4n) is 5.87. The number of aliphatic hydroxyl groups is 2. The van der Waals surface area contributed by atoms with Crippen LogP contribution in [0.25, 0.3) is 0 Å². The summed E-state index contributed by atoms with van der Waals surface area (Å²) in [6.07, 6.45) is 34.6. The first-order valence-electron chi connectivity index (χ1n) is 21.1. The van der Waals surface area contributed by atoms with Crippen LogP contribution in [0.3, 0.4) is 0 Å². The maximum Gasteiger partial charge on any atom is 0.472 e. The van der Waals surface area contributed by atoms with Gasteiger partial charge in [0.25, 0.3) is 0 Å². The molecule has 0 bridgehead atoms. The van der Waals surface area contributed by atoms with Crippen molar-refractivity contribution in [3.63, 3.8) is 0 Å². The van der Waals surface area contributed by atoms with Gasteiger partial charge in [-0.3, -0.25) is 18.6 Å². The van der Waals surface area contributed by atoms with Crippen LogP contribution in [0.4, 0.5) is 0 Å². The first kappa shape index (κ1) is 50.7. The Kier molecular flexibility index (Phi) is 37.1. The van der Waals surface area contributed by atoms with Gasteiger partial charge in [0.2, 0.25) is 0 Å². The molecule has 0 rings (SSSR count). The Morgan fingerprint density at radius 1 is 0.558 bits per heavy atom. The third-order valence-electron chi connectivity index (χ3n) is 9.17. The maximum absolute atomic E-state index is 12.6. The molecule has 0 aliphatic heterocycles. The Bertz CT molecular complexity index is 884. The SMILES string of the molecule is CCCCCC/C=C\CCCCCCCC(=O)OC(COC(=O)CCCCCCCCCCCCCCCCCC)COP(=O)(O)OCC(O)CO. The van der Waals surface area contributed by atoms with Crippen molar-refractivity contribution in [3.8, 4) is 0 Å². The molecule has 0 saturated carbocycles. The van der Waals surface area contributed by atoms with E-state index in [0.717, 1.165) is 57.8 Å². The van der Waals surface area contributed by atoms with Crippen LogP contribution in [0.15, 0.2) is 12.2 Å². The number of ether oxygens (including phenoxy) is 2. The van der Waals surface area contributed by atoms with E-state index in [1.807, 2.05) is 0 Å². The average Bonchev–Trinajstić information content (AvgIpc) is 3.13. The molecule has 11 heteroatoms. The molecule has 0 aromatic carbocycles. The van der Waals surface area contributed by atoms with Crippen molar-refractivity contribution in [2.45, 2.75) is 212 Å². The van der Waals surface area contributed by atoms with E-state index < -0.39 is 51.8 Å². The molecular formula is C41H79O10P. The number of carbonyl (C=O) groups is 2. The number of phosphoric acid groups is 1. The zero-order valence-corrected chi connectivity index (χ0v) is 34.2. The number of allylic oxidation sites excluding steroid dienone is 2. The quantitative estimate of drug-likeness (QED) is 0.0238. The highest BCUT2D eigenvalue weighted by Crippen LogP contribution is 2.43. The van der Waals surface area contributed by atoms with E-state index >= 15 is 0 Å². The second kappa shape index (κ2) is 38.0. The molecule has 308 valence electrons. The summed E-state index contributed by atoms with van der Waals surface area (Å²) in [6.45, 7) is 2.37. The van der Waals surface area contributed by atoms with Gasteiger partial charge in [0, 0.05) is 12.8 Å². The highest BCUT2D eigenvalue weighted by atomic mass is 31.2. The monoisotopic (exact) mass is 763 g/mol. The lowest BCUT2D eigenvalue weighted by atomic mass is 10.0. The summed E-state index contributed by atoms with van der Waals surface area (Å²) in [6, 6.07) is 0. The van der Waals surface area contributed by atoms with E-state index in [4.69, 9.17) is 19.1 Å². The van der Waals surface area contributed by atoms with E-state index in [1.54, 1.807) is 0 Å². The Morgan fingerprint density at radius 2 is 0.942 bits per heavy atom. The summed E-state index contributed by atoms with van der Waals surface area (Å²) >= 11 is 0. The van der Waals surface area contributed by atoms with Gasteiger partial charge in [-0.1, -0.05) is 161 Å². The van der Waals surface area contributed by atoms with Gasteiger partial charge in [0.15, 0.2) is 6.10 Å². The molecule has 0 fully saturated rings. The molecule has 0 aromatic heterocycles. The van der Waals surface area contributed by atoms with Crippen LogP contribution in [-0.2, 0) is 32.7 Å². The van der Waals surface area contributed by atoms with E-state index in [0.29, 0.717) is 12.8 Å². The van der Waals surface area contributed by atoms with Gasteiger partial charge >= 0.3 is 19.8 Å². The lowest BCUT2D eigenvalue weighted by Crippen LogP contribution is -2.29. The van der Waals surface area contributed by atoms with Crippen LogP contribution in [0, 0.1) is 0 Å². The topological polar surface area (TPSA) is 149 Å². The van der Waals surface area contributed by atoms with E-state index in [9.17, 15) is 24.2 Å². The molecular weight excluding hydrogens is 683 g/mol. The molecule has 0 aliphatic carbocycles. The summed E-state index contributed by atoms with van der Waals surface area (Å²) in [7, 11) is -4.61. The fourth-order valence-corrected chi connectivity index (χ4v) is 6.66. The van der Waals surface area contributed by atoms with Crippen molar-refractivity contribution in [1.29, 1.82) is 0 Å². The summed E-state index contributed by atoms with van der Waals surface area (Å²) in [4.78, 5) is 34.9. The highest BCUT2D eigenvalue weighted by Gasteiger charge is 2.27. The number of hydrogen-bond donors (Lipinski definition) is 3. The molecule has 0 amide bonds. The van der Waals surface area contributed by atoms with E-state index in [-0.39, 0.29) is 19.4 Å². The number of hydrogen-bond acceptors (Lipinski definition) is 9. The summed E-state index contributed by atoms with van der Waals surface area (Å²) in [5.74, 6) is -0.926. The van der Waals surface area contributed by atoms with Crippen LogP contribution in [0.5, 0.6) is 0 Å². The predicted octanol–water partition coefficient (Wildman–Crippen LogP) is 10.8. The third kappa shape index (κ3) is 37.0. The zero-order valence-electron chi connectivity index (χ0n) is 33.3. The minimum absolute atomic E-state index is 0.178. The number of carbonyl (C=O) groups excluding carboxylic acids is 2. The largest absolute Gasteiger partial charge is 0.472 e. The third-order valence-corrected chi connectivity index (χ3v) is 10.1. The average molecular weight is 763 g/mol. The Morgan fingerprint density at radius 3 is 1.40 bits per heavy atom.